The van der Waals surface area contributed by atoms with Gasteiger partial charge in [-0.2, -0.15) is 4.98 Å². The molecule has 43 heavy (non-hydrogen) atoms. The van der Waals surface area contributed by atoms with Gasteiger partial charge in [-0.3, -0.25) is 9.78 Å². The van der Waals surface area contributed by atoms with Crippen LogP contribution in [0.2, 0.25) is 0 Å². The lowest BCUT2D eigenvalue weighted by molar-refractivity contribution is -0.126. The van der Waals surface area contributed by atoms with Gasteiger partial charge in [0.05, 0.1) is 33.0 Å². The van der Waals surface area contributed by atoms with Crippen LogP contribution < -0.4 is 10.6 Å². The number of aromatic nitrogens is 4. The number of piperazine rings is 1. The van der Waals surface area contributed by atoms with E-state index in [-0.39, 0.29) is 53.0 Å². The van der Waals surface area contributed by atoms with Gasteiger partial charge in [-0.15, -0.1) is 0 Å². The fourth-order valence-corrected chi connectivity index (χ4v) is 6.27. The molecule has 1 aliphatic rings. The van der Waals surface area contributed by atoms with Crippen LogP contribution in [0.1, 0.15) is 20.8 Å². The van der Waals surface area contributed by atoms with E-state index in [2.05, 4.69) is 21.5 Å². The van der Waals surface area contributed by atoms with Crippen LogP contribution in [0.25, 0.3) is 28.0 Å². The van der Waals surface area contributed by atoms with Crippen molar-refractivity contribution in [1.82, 2.24) is 24.4 Å². The molecule has 0 radical (unpaired) electrons. The summed E-state index contributed by atoms with van der Waals surface area (Å²) in [7, 11) is -3.99. The Morgan fingerprint density at radius 1 is 1.09 bits per heavy atom. The van der Waals surface area contributed by atoms with E-state index in [0.29, 0.717) is 0 Å². The van der Waals surface area contributed by atoms with Crippen molar-refractivity contribution >= 4 is 32.6 Å². The molecule has 4 heterocycles. The summed E-state index contributed by atoms with van der Waals surface area (Å²) in [5.41, 5.74) is -2.96. The molecule has 1 aromatic carbocycles. The smallest absolute Gasteiger partial charge is 0.350 e. The zero-order chi connectivity index (χ0) is 31.2. The van der Waals surface area contributed by atoms with E-state index in [1.54, 1.807) is 16.7 Å². The van der Waals surface area contributed by atoms with Gasteiger partial charge >= 0.3 is 5.69 Å². The maximum absolute atomic E-state index is 15.7. The summed E-state index contributed by atoms with van der Waals surface area (Å²) < 4.78 is 72.8. The van der Waals surface area contributed by atoms with Gasteiger partial charge in [0.1, 0.15) is 23.1 Å². The minimum Gasteiger partial charge on any atom is -0.350 e. The molecule has 224 valence electrons. The molecule has 0 bridgehead atoms. The van der Waals surface area contributed by atoms with E-state index in [0.717, 1.165) is 35.0 Å². The summed E-state index contributed by atoms with van der Waals surface area (Å²) in [5.74, 6) is -3.54. The number of pyridine rings is 2. The summed E-state index contributed by atoms with van der Waals surface area (Å²) in [5, 5.41) is -0.906. The van der Waals surface area contributed by atoms with Gasteiger partial charge in [0.15, 0.2) is 21.3 Å². The van der Waals surface area contributed by atoms with Crippen LogP contribution in [-0.2, 0) is 14.6 Å². The predicted molar refractivity (Wildman–Crippen MR) is 154 cm³/mol. The molecular formula is C29H27F3N6O4S. The van der Waals surface area contributed by atoms with Crippen LogP contribution in [0.15, 0.2) is 65.1 Å². The normalized spacial score (nSPS) is 15.7. The van der Waals surface area contributed by atoms with Gasteiger partial charge in [0, 0.05) is 31.9 Å². The Balaban J connectivity index is 1.84. The van der Waals surface area contributed by atoms with Gasteiger partial charge in [0.2, 0.25) is 5.91 Å². The van der Waals surface area contributed by atoms with E-state index in [1.807, 2.05) is 0 Å². The SMILES string of the molecule is C=CC(=O)N1CCN(c2nc(=O)n(-c3cnccc3S(=O)(=O)C(C)C)c3nc(-c4c(F)cccc4F)c(F)cc23)[C@@H](C)C1. The third-order valence-corrected chi connectivity index (χ3v) is 9.52. The standard InChI is InChI=1S/C29H27F3N6O4S/c1-5-24(39)36-11-12-37(17(4)15-36)27-18-13-21(32)26(25-19(30)7-6-8-20(25)31)34-28(18)38(29(40)35-27)22-14-33-10-9-23(22)43(41,42)16(2)3/h5-10,13-14,16-17H,1,11-12,15H2,2-4H3/t17-/m0/s1. The quantitative estimate of drug-likeness (QED) is 0.303. The maximum atomic E-state index is 15.7. The number of amides is 1. The Kier molecular flexibility index (Phi) is 7.82. The summed E-state index contributed by atoms with van der Waals surface area (Å²) in [6.45, 7) is 8.91. The molecule has 5 rings (SSSR count). The van der Waals surface area contributed by atoms with Crippen molar-refractivity contribution in [3.63, 3.8) is 0 Å². The third kappa shape index (κ3) is 5.15. The van der Waals surface area contributed by atoms with Crippen molar-refractivity contribution in [3.05, 3.63) is 83.3 Å². The molecule has 0 N–H and O–H groups in total. The number of fused-ring (bicyclic) bond motifs is 1. The first-order chi connectivity index (χ1) is 20.4. The number of hydrogen-bond acceptors (Lipinski definition) is 8. The lowest BCUT2D eigenvalue weighted by Gasteiger charge is -2.40. The molecular weight excluding hydrogens is 585 g/mol. The van der Waals surface area contributed by atoms with E-state index in [4.69, 9.17) is 0 Å². The van der Waals surface area contributed by atoms with E-state index >= 15 is 4.39 Å². The molecule has 1 saturated heterocycles. The Hall–Kier alpha value is -4.59. The van der Waals surface area contributed by atoms with Gasteiger partial charge in [-0.1, -0.05) is 12.6 Å². The highest BCUT2D eigenvalue weighted by Gasteiger charge is 2.32. The number of nitrogens with zero attached hydrogens (tertiary/aromatic N) is 6. The number of rotatable bonds is 6. The minimum atomic E-state index is -3.99. The Bertz CT molecular complexity index is 1930. The van der Waals surface area contributed by atoms with Crippen LogP contribution in [0.4, 0.5) is 19.0 Å². The first-order valence-electron chi connectivity index (χ1n) is 13.3. The molecule has 1 aliphatic heterocycles. The van der Waals surface area contributed by atoms with Crippen molar-refractivity contribution in [2.45, 2.75) is 37.0 Å². The van der Waals surface area contributed by atoms with Gasteiger partial charge in [-0.25, -0.2) is 35.9 Å². The first-order valence-corrected chi connectivity index (χ1v) is 14.8. The largest absolute Gasteiger partial charge is 0.355 e. The Morgan fingerprint density at radius 2 is 1.79 bits per heavy atom. The number of carbonyl (C=O) groups is 1. The summed E-state index contributed by atoms with van der Waals surface area (Å²) in [4.78, 5) is 41.4. The molecule has 0 aliphatic carbocycles. The van der Waals surface area contributed by atoms with Gasteiger partial charge < -0.3 is 9.80 Å². The van der Waals surface area contributed by atoms with E-state index < -0.39 is 55.5 Å². The van der Waals surface area contributed by atoms with Crippen LogP contribution in [-0.4, -0.2) is 69.7 Å². The van der Waals surface area contributed by atoms with Crippen molar-refractivity contribution in [1.29, 1.82) is 0 Å². The second-order valence-corrected chi connectivity index (χ2v) is 12.8. The van der Waals surface area contributed by atoms with Crippen molar-refractivity contribution in [3.8, 4) is 16.9 Å². The highest BCUT2D eigenvalue weighted by molar-refractivity contribution is 7.92. The minimum absolute atomic E-state index is 0.0126. The molecule has 1 atom stereocenters. The third-order valence-electron chi connectivity index (χ3n) is 7.32. The summed E-state index contributed by atoms with van der Waals surface area (Å²) in [6, 6.07) is 4.77. The Labute approximate surface area is 245 Å². The fourth-order valence-electron chi connectivity index (χ4n) is 5.08. The Morgan fingerprint density at radius 3 is 2.42 bits per heavy atom. The summed E-state index contributed by atoms with van der Waals surface area (Å²) in [6.07, 6.45) is 3.57. The lowest BCUT2D eigenvalue weighted by Crippen LogP contribution is -2.54. The number of halogens is 3. The van der Waals surface area contributed by atoms with Gasteiger partial charge in [0.25, 0.3) is 0 Å². The van der Waals surface area contributed by atoms with E-state index in [9.17, 15) is 26.8 Å². The second kappa shape index (κ2) is 11.2. The zero-order valence-electron chi connectivity index (χ0n) is 23.5. The number of carbonyl (C=O) groups excluding carboxylic acids is 1. The fraction of sp³-hybridized carbons (Fsp3) is 0.276. The molecule has 0 spiro atoms. The van der Waals surface area contributed by atoms with E-state index in [1.165, 1.54) is 32.2 Å². The summed E-state index contributed by atoms with van der Waals surface area (Å²) >= 11 is 0. The van der Waals surface area contributed by atoms with Gasteiger partial charge in [-0.05, 0) is 51.1 Å². The average molecular weight is 613 g/mol. The average Bonchev–Trinajstić information content (AvgIpc) is 2.96. The van der Waals surface area contributed by atoms with Crippen LogP contribution in [0, 0.1) is 17.5 Å². The molecule has 1 fully saturated rings. The molecule has 10 nitrogen and oxygen atoms in total. The number of anilines is 1. The topological polar surface area (TPSA) is 118 Å². The molecule has 0 unspecified atom stereocenters. The molecule has 0 saturated carbocycles. The van der Waals surface area contributed by atoms with Crippen LogP contribution in [0.3, 0.4) is 0 Å². The second-order valence-electron chi connectivity index (χ2n) is 10.3. The molecule has 4 aromatic rings. The number of hydrogen-bond donors (Lipinski definition) is 0. The number of sulfone groups is 1. The maximum Gasteiger partial charge on any atom is 0.355 e. The van der Waals surface area contributed by atoms with Crippen LogP contribution in [0.5, 0.6) is 0 Å². The predicted octanol–water partition coefficient (Wildman–Crippen LogP) is 3.67. The molecule has 3 aromatic heterocycles. The lowest BCUT2D eigenvalue weighted by atomic mass is 10.1. The van der Waals surface area contributed by atoms with Crippen molar-refractivity contribution in [2.75, 3.05) is 24.5 Å². The first kappa shape index (κ1) is 29.9. The van der Waals surface area contributed by atoms with Crippen LogP contribution >= 0.6 is 0 Å². The molecule has 1 amide bonds. The highest BCUT2D eigenvalue weighted by atomic mass is 32.2. The van der Waals surface area contributed by atoms with Crippen molar-refractivity contribution in [2.24, 2.45) is 0 Å². The molecule has 14 heteroatoms. The highest BCUT2D eigenvalue weighted by Crippen LogP contribution is 2.34. The monoisotopic (exact) mass is 612 g/mol. The number of benzene rings is 1. The van der Waals surface area contributed by atoms with Crippen molar-refractivity contribution < 1.29 is 26.4 Å². The zero-order valence-corrected chi connectivity index (χ0v) is 24.3.